The number of benzene rings is 1. The molecule has 0 heterocycles. The van der Waals surface area contributed by atoms with E-state index in [9.17, 15) is 22.8 Å². The molecule has 130 valence electrons. The summed E-state index contributed by atoms with van der Waals surface area (Å²) in [6, 6.07) is 6.33. The summed E-state index contributed by atoms with van der Waals surface area (Å²) in [6.07, 6.45) is 1.34. The average molecular weight is 353 g/mol. The Hall–Kier alpha value is -2.42. The summed E-state index contributed by atoms with van der Waals surface area (Å²) in [5.74, 6) is -2.91. The lowest BCUT2D eigenvalue weighted by molar-refractivity contribution is -0.141. The first kappa shape index (κ1) is 17.9. The zero-order valence-corrected chi connectivity index (χ0v) is 14.0. The zero-order chi connectivity index (χ0) is 17.7. The second-order valence-corrected chi connectivity index (χ2v) is 7.74. The van der Waals surface area contributed by atoms with Crippen molar-refractivity contribution in [1.29, 1.82) is 0 Å². The topological polar surface area (TPSA) is 121 Å². The van der Waals surface area contributed by atoms with Crippen molar-refractivity contribution in [2.45, 2.75) is 37.1 Å². The predicted octanol–water partition coefficient (Wildman–Crippen LogP) is -0.415. The van der Waals surface area contributed by atoms with E-state index in [1.165, 1.54) is 12.1 Å². The summed E-state index contributed by atoms with van der Waals surface area (Å²) < 4.78 is 24.2. The van der Waals surface area contributed by atoms with Gasteiger partial charge in [0, 0.05) is 12.5 Å². The molecule has 3 amide bonds. The van der Waals surface area contributed by atoms with Gasteiger partial charge in [-0.2, -0.15) is 0 Å². The Morgan fingerprint density at radius 3 is 2.25 bits per heavy atom. The number of rotatable bonds is 5. The Bertz CT molecular complexity index is 739. The second-order valence-electron chi connectivity index (χ2n) is 5.63. The molecular formula is C15H19N3O5S. The molecule has 0 aromatic heterocycles. The number of hydrogen-bond donors (Lipinski definition) is 3. The van der Waals surface area contributed by atoms with Crippen molar-refractivity contribution in [1.82, 2.24) is 16.2 Å². The van der Waals surface area contributed by atoms with Crippen molar-refractivity contribution in [3.8, 4) is 0 Å². The molecule has 0 unspecified atom stereocenters. The normalized spacial score (nSPS) is 13.9. The Morgan fingerprint density at radius 2 is 1.67 bits per heavy atom. The van der Waals surface area contributed by atoms with E-state index in [1.54, 1.807) is 12.1 Å². The van der Waals surface area contributed by atoms with Crippen molar-refractivity contribution in [2.75, 3.05) is 5.75 Å². The van der Waals surface area contributed by atoms with Crippen molar-refractivity contribution in [2.24, 2.45) is 0 Å². The van der Waals surface area contributed by atoms with E-state index < -0.39 is 33.3 Å². The van der Waals surface area contributed by atoms with Gasteiger partial charge in [0.15, 0.2) is 9.84 Å². The van der Waals surface area contributed by atoms with E-state index in [2.05, 4.69) is 5.32 Å². The zero-order valence-electron chi connectivity index (χ0n) is 13.2. The predicted molar refractivity (Wildman–Crippen MR) is 85.3 cm³/mol. The minimum absolute atomic E-state index is 0.0265. The fraction of sp³-hybridized carbons (Fsp3) is 0.400. The van der Waals surface area contributed by atoms with E-state index in [-0.39, 0.29) is 17.4 Å². The van der Waals surface area contributed by atoms with Crippen LogP contribution in [0.4, 0.5) is 0 Å². The smallest absolute Gasteiger partial charge is 0.327 e. The number of carbonyl (C=O) groups excluding carboxylic acids is 3. The van der Waals surface area contributed by atoms with Crippen LogP contribution >= 0.6 is 0 Å². The lowest BCUT2D eigenvalue weighted by Gasteiger charge is -2.08. The van der Waals surface area contributed by atoms with Gasteiger partial charge in [-0.05, 0) is 31.9 Å². The van der Waals surface area contributed by atoms with Gasteiger partial charge < -0.3 is 5.32 Å². The molecule has 0 bridgehead atoms. The third-order valence-electron chi connectivity index (χ3n) is 3.41. The minimum Gasteiger partial charge on any atom is -0.345 e. The molecule has 0 aliphatic heterocycles. The molecule has 0 saturated heterocycles. The largest absolute Gasteiger partial charge is 0.345 e. The Morgan fingerprint density at radius 1 is 1.04 bits per heavy atom. The molecule has 1 aliphatic carbocycles. The summed E-state index contributed by atoms with van der Waals surface area (Å²) in [5, 5.41) is 2.46. The number of amides is 3. The number of hydrazine groups is 1. The van der Waals surface area contributed by atoms with Gasteiger partial charge in [-0.25, -0.2) is 8.42 Å². The molecule has 0 spiro atoms. The van der Waals surface area contributed by atoms with Crippen LogP contribution in [0.2, 0.25) is 0 Å². The first-order valence-electron chi connectivity index (χ1n) is 7.47. The third kappa shape index (κ3) is 5.34. The standard InChI is InChI=1S/C15H19N3O5S/c1-10-2-6-12(7-3-10)24(22,23)9-8-13(19)17-18-15(21)14(20)16-11-4-5-11/h2-3,6-7,11H,4-5,8-9H2,1H3,(H,16,20)(H,17,19)(H,18,21). The molecule has 1 saturated carbocycles. The summed E-state index contributed by atoms with van der Waals surface area (Å²) in [7, 11) is -3.59. The SMILES string of the molecule is Cc1ccc(S(=O)(=O)CCC(=O)NNC(=O)C(=O)NC2CC2)cc1. The molecular weight excluding hydrogens is 334 g/mol. The van der Waals surface area contributed by atoms with Crippen molar-refractivity contribution in [3.05, 3.63) is 29.8 Å². The van der Waals surface area contributed by atoms with Crippen molar-refractivity contribution < 1.29 is 22.8 Å². The number of aryl methyl sites for hydroxylation is 1. The van der Waals surface area contributed by atoms with Gasteiger partial charge in [0.25, 0.3) is 0 Å². The fourth-order valence-corrected chi connectivity index (χ4v) is 3.06. The first-order chi connectivity index (χ1) is 11.3. The molecule has 24 heavy (non-hydrogen) atoms. The van der Waals surface area contributed by atoms with Crippen LogP contribution in [0, 0.1) is 6.92 Å². The first-order valence-corrected chi connectivity index (χ1v) is 9.12. The lowest BCUT2D eigenvalue weighted by atomic mass is 10.2. The van der Waals surface area contributed by atoms with Gasteiger partial charge >= 0.3 is 11.8 Å². The highest BCUT2D eigenvalue weighted by molar-refractivity contribution is 7.91. The van der Waals surface area contributed by atoms with E-state index >= 15 is 0 Å². The van der Waals surface area contributed by atoms with Gasteiger partial charge in [-0.3, -0.25) is 25.2 Å². The quantitative estimate of drug-likeness (QED) is 0.490. The van der Waals surface area contributed by atoms with Gasteiger partial charge in [0.05, 0.1) is 10.6 Å². The van der Waals surface area contributed by atoms with Crippen molar-refractivity contribution >= 4 is 27.6 Å². The molecule has 2 rings (SSSR count). The van der Waals surface area contributed by atoms with E-state index in [4.69, 9.17) is 0 Å². The van der Waals surface area contributed by atoms with Gasteiger partial charge in [0.1, 0.15) is 0 Å². The summed E-state index contributed by atoms with van der Waals surface area (Å²) in [4.78, 5) is 34.5. The monoisotopic (exact) mass is 353 g/mol. The highest BCUT2D eigenvalue weighted by Gasteiger charge is 2.26. The fourth-order valence-electron chi connectivity index (χ4n) is 1.81. The number of hydrogen-bond acceptors (Lipinski definition) is 5. The molecule has 3 N–H and O–H groups in total. The average Bonchev–Trinajstić information content (AvgIpc) is 3.35. The molecule has 1 aliphatic rings. The second kappa shape index (κ2) is 7.43. The maximum absolute atomic E-state index is 12.1. The van der Waals surface area contributed by atoms with Crippen LogP contribution in [-0.2, 0) is 24.2 Å². The van der Waals surface area contributed by atoms with Crippen LogP contribution in [0.3, 0.4) is 0 Å². The van der Waals surface area contributed by atoms with Crippen LogP contribution in [0.25, 0.3) is 0 Å². The molecule has 1 aromatic rings. The highest BCUT2D eigenvalue weighted by Crippen LogP contribution is 2.18. The third-order valence-corrected chi connectivity index (χ3v) is 5.14. The van der Waals surface area contributed by atoms with Crippen molar-refractivity contribution in [3.63, 3.8) is 0 Å². The van der Waals surface area contributed by atoms with Crippen LogP contribution in [0.5, 0.6) is 0 Å². The van der Waals surface area contributed by atoms with E-state index in [0.717, 1.165) is 18.4 Å². The number of nitrogens with one attached hydrogen (secondary N) is 3. The number of carbonyl (C=O) groups is 3. The number of sulfone groups is 1. The van der Waals surface area contributed by atoms with Crippen LogP contribution in [-0.4, -0.2) is 37.9 Å². The maximum atomic E-state index is 12.1. The van der Waals surface area contributed by atoms with Crippen LogP contribution < -0.4 is 16.2 Å². The molecule has 0 radical (unpaired) electrons. The van der Waals surface area contributed by atoms with Crippen LogP contribution in [0.15, 0.2) is 29.2 Å². The molecule has 0 atom stereocenters. The molecule has 1 fully saturated rings. The molecule has 1 aromatic carbocycles. The Balaban J connectivity index is 1.76. The van der Waals surface area contributed by atoms with Gasteiger partial charge in [-0.1, -0.05) is 17.7 Å². The summed E-state index contributed by atoms with van der Waals surface area (Å²) in [5.41, 5.74) is 4.91. The molecule has 9 heteroatoms. The highest BCUT2D eigenvalue weighted by atomic mass is 32.2. The maximum Gasteiger partial charge on any atom is 0.327 e. The Labute approximate surface area is 139 Å². The Kier molecular flexibility index (Phi) is 5.55. The summed E-state index contributed by atoms with van der Waals surface area (Å²) in [6.45, 7) is 1.84. The lowest BCUT2D eigenvalue weighted by Crippen LogP contribution is -2.49. The van der Waals surface area contributed by atoms with Gasteiger partial charge in [-0.15, -0.1) is 0 Å². The van der Waals surface area contributed by atoms with Crippen LogP contribution in [0.1, 0.15) is 24.8 Å². The minimum atomic E-state index is -3.59. The molecule has 8 nitrogen and oxygen atoms in total. The van der Waals surface area contributed by atoms with E-state index in [0.29, 0.717) is 0 Å². The van der Waals surface area contributed by atoms with E-state index in [1.807, 2.05) is 17.8 Å². The van der Waals surface area contributed by atoms with Gasteiger partial charge in [0.2, 0.25) is 5.91 Å². The summed E-state index contributed by atoms with van der Waals surface area (Å²) >= 11 is 0.